The van der Waals surface area contributed by atoms with E-state index in [1.807, 2.05) is 13.0 Å². The van der Waals surface area contributed by atoms with E-state index in [2.05, 4.69) is 22.5 Å². The van der Waals surface area contributed by atoms with Gasteiger partial charge in [0.15, 0.2) is 0 Å². The zero-order valence-electron chi connectivity index (χ0n) is 6.17. The summed E-state index contributed by atoms with van der Waals surface area (Å²) in [5.74, 6) is 0. The second-order valence-electron chi connectivity index (χ2n) is 2.29. The van der Waals surface area contributed by atoms with Gasteiger partial charge in [-0.25, -0.2) is 0 Å². The summed E-state index contributed by atoms with van der Waals surface area (Å²) < 4.78 is 1.08. The second-order valence-corrected chi connectivity index (χ2v) is 4.69. The second kappa shape index (κ2) is 3.52. The van der Waals surface area contributed by atoms with Crippen LogP contribution in [0.5, 0.6) is 0 Å². The Morgan fingerprint density at radius 1 is 1.82 bits per heavy atom. The number of rotatable bonds is 2. The number of aryl methyl sites for hydroxylation is 1. The van der Waals surface area contributed by atoms with Gasteiger partial charge in [0.05, 0.1) is 3.79 Å². The summed E-state index contributed by atoms with van der Waals surface area (Å²) in [5.41, 5.74) is 1.16. The third-order valence-corrected chi connectivity index (χ3v) is 3.60. The average Bonchev–Trinajstić information content (AvgIpc) is 2.31. The van der Waals surface area contributed by atoms with Crippen molar-refractivity contribution >= 4 is 27.3 Å². The van der Waals surface area contributed by atoms with Gasteiger partial charge in [-0.15, -0.1) is 17.9 Å². The predicted octanol–water partition coefficient (Wildman–Crippen LogP) is 3.04. The van der Waals surface area contributed by atoms with E-state index in [0.29, 0.717) is 0 Å². The largest absolute Gasteiger partial charge is 0.383 e. The normalized spacial score (nSPS) is 13.0. The van der Waals surface area contributed by atoms with E-state index in [-0.39, 0.29) is 0 Å². The summed E-state index contributed by atoms with van der Waals surface area (Å²) >= 11 is 4.93. The van der Waals surface area contributed by atoms with E-state index in [1.165, 1.54) is 6.08 Å². The number of aliphatic hydroxyl groups excluding tert-OH is 1. The molecule has 0 aliphatic rings. The fourth-order valence-electron chi connectivity index (χ4n) is 0.745. The molecule has 0 amide bonds. The number of hydrogen-bond donors (Lipinski definition) is 1. The highest BCUT2D eigenvalue weighted by Gasteiger charge is 2.07. The highest BCUT2D eigenvalue weighted by atomic mass is 79.9. The van der Waals surface area contributed by atoms with Gasteiger partial charge in [0, 0.05) is 4.88 Å². The topological polar surface area (TPSA) is 20.2 Å². The zero-order chi connectivity index (χ0) is 8.43. The molecule has 0 aliphatic heterocycles. The number of thiophene rings is 1. The minimum atomic E-state index is -0.523. The van der Waals surface area contributed by atoms with Crippen LogP contribution < -0.4 is 0 Å². The highest BCUT2D eigenvalue weighted by Crippen LogP contribution is 2.31. The summed E-state index contributed by atoms with van der Waals surface area (Å²) in [6, 6.07) is 1.96. The van der Waals surface area contributed by atoms with Crippen LogP contribution in [0.15, 0.2) is 22.5 Å². The third-order valence-electron chi connectivity index (χ3n) is 1.39. The Kier molecular flexibility index (Phi) is 2.87. The van der Waals surface area contributed by atoms with Gasteiger partial charge < -0.3 is 5.11 Å². The van der Waals surface area contributed by atoms with Gasteiger partial charge in [-0.3, -0.25) is 0 Å². The predicted molar refractivity (Wildman–Crippen MR) is 51.9 cm³/mol. The van der Waals surface area contributed by atoms with Crippen LogP contribution in [-0.4, -0.2) is 5.11 Å². The Morgan fingerprint density at radius 2 is 2.45 bits per heavy atom. The van der Waals surface area contributed by atoms with Gasteiger partial charge >= 0.3 is 0 Å². The molecule has 1 heterocycles. The van der Waals surface area contributed by atoms with Gasteiger partial charge in [-0.1, -0.05) is 6.08 Å². The quantitative estimate of drug-likeness (QED) is 0.778. The molecule has 0 saturated heterocycles. The molecule has 0 aliphatic carbocycles. The van der Waals surface area contributed by atoms with Crippen molar-refractivity contribution < 1.29 is 5.11 Å². The Bertz CT molecular complexity index is 248. The summed E-state index contributed by atoms with van der Waals surface area (Å²) in [7, 11) is 0. The monoisotopic (exact) mass is 232 g/mol. The average molecular weight is 233 g/mol. The van der Waals surface area contributed by atoms with E-state index in [1.54, 1.807) is 11.3 Å². The molecule has 0 fully saturated rings. The Labute approximate surface area is 78.5 Å². The van der Waals surface area contributed by atoms with Crippen molar-refractivity contribution in [3.63, 3.8) is 0 Å². The van der Waals surface area contributed by atoms with Crippen molar-refractivity contribution in [3.8, 4) is 0 Å². The summed E-state index contributed by atoms with van der Waals surface area (Å²) in [5, 5.41) is 9.34. The molecule has 1 unspecified atom stereocenters. The van der Waals surface area contributed by atoms with Crippen molar-refractivity contribution in [1.82, 2.24) is 0 Å². The SMILES string of the molecule is C=CC(O)c1cc(C)c(Br)s1. The van der Waals surface area contributed by atoms with E-state index >= 15 is 0 Å². The third kappa shape index (κ3) is 1.92. The van der Waals surface area contributed by atoms with Crippen molar-refractivity contribution in [2.24, 2.45) is 0 Å². The maximum Gasteiger partial charge on any atom is 0.106 e. The molecule has 11 heavy (non-hydrogen) atoms. The van der Waals surface area contributed by atoms with Gasteiger partial charge in [-0.05, 0) is 34.5 Å². The van der Waals surface area contributed by atoms with Gasteiger partial charge in [0.25, 0.3) is 0 Å². The molecule has 60 valence electrons. The van der Waals surface area contributed by atoms with Crippen molar-refractivity contribution in [2.45, 2.75) is 13.0 Å². The first-order valence-corrected chi connectivity index (χ1v) is 4.82. The molecule has 1 aromatic heterocycles. The molecule has 3 heteroatoms. The smallest absolute Gasteiger partial charge is 0.106 e. The Morgan fingerprint density at radius 3 is 2.82 bits per heavy atom. The molecule has 0 bridgehead atoms. The molecule has 1 rings (SSSR count). The lowest BCUT2D eigenvalue weighted by atomic mass is 10.2. The zero-order valence-corrected chi connectivity index (χ0v) is 8.58. The van der Waals surface area contributed by atoms with Crippen LogP contribution in [0.2, 0.25) is 0 Å². The maximum absolute atomic E-state index is 9.34. The van der Waals surface area contributed by atoms with Gasteiger partial charge in [0.1, 0.15) is 6.10 Å². The van der Waals surface area contributed by atoms with Crippen molar-refractivity contribution in [3.05, 3.63) is 32.9 Å². The highest BCUT2D eigenvalue weighted by molar-refractivity contribution is 9.11. The first kappa shape index (κ1) is 8.97. The van der Waals surface area contributed by atoms with Gasteiger partial charge in [0.2, 0.25) is 0 Å². The van der Waals surface area contributed by atoms with Crippen molar-refractivity contribution in [2.75, 3.05) is 0 Å². The van der Waals surface area contributed by atoms with Crippen LogP contribution in [-0.2, 0) is 0 Å². The van der Waals surface area contributed by atoms with E-state index in [9.17, 15) is 5.11 Å². The Balaban J connectivity index is 2.96. The molecule has 0 spiro atoms. The van der Waals surface area contributed by atoms with Crippen LogP contribution in [0.1, 0.15) is 16.5 Å². The summed E-state index contributed by atoms with van der Waals surface area (Å²) in [4.78, 5) is 0.935. The molecule has 1 N–H and O–H groups in total. The fraction of sp³-hybridized carbons (Fsp3) is 0.250. The molecule has 0 radical (unpaired) electrons. The lowest BCUT2D eigenvalue weighted by Crippen LogP contribution is -1.86. The first-order valence-electron chi connectivity index (χ1n) is 3.21. The Hall–Kier alpha value is -0.120. The molecule has 0 saturated carbocycles. The molecule has 1 aromatic rings. The van der Waals surface area contributed by atoms with Crippen molar-refractivity contribution in [1.29, 1.82) is 0 Å². The number of hydrogen-bond acceptors (Lipinski definition) is 2. The maximum atomic E-state index is 9.34. The minimum absolute atomic E-state index is 0.523. The first-order chi connectivity index (χ1) is 5.15. The standard InChI is InChI=1S/C8H9BrOS/c1-3-6(10)7-4-5(2)8(9)11-7/h3-4,6,10H,1H2,2H3. The number of halogens is 1. The molecular formula is C8H9BrOS. The fourth-order valence-corrected chi connectivity index (χ4v) is 2.30. The summed E-state index contributed by atoms with van der Waals surface area (Å²) in [6.45, 7) is 5.52. The molecule has 1 atom stereocenters. The lowest BCUT2D eigenvalue weighted by Gasteiger charge is -1.97. The van der Waals surface area contributed by atoms with E-state index < -0.39 is 6.10 Å². The molecular weight excluding hydrogens is 224 g/mol. The minimum Gasteiger partial charge on any atom is -0.383 e. The van der Waals surface area contributed by atoms with E-state index in [4.69, 9.17) is 0 Å². The van der Waals surface area contributed by atoms with Crippen LogP contribution >= 0.6 is 27.3 Å². The van der Waals surface area contributed by atoms with E-state index in [0.717, 1.165) is 14.2 Å². The molecule has 1 nitrogen and oxygen atoms in total. The van der Waals surface area contributed by atoms with Crippen LogP contribution in [0.3, 0.4) is 0 Å². The summed E-state index contributed by atoms with van der Waals surface area (Å²) in [6.07, 6.45) is 1.00. The van der Waals surface area contributed by atoms with Crippen LogP contribution in [0, 0.1) is 6.92 Å². The van der Waals surface area contributed by atoms with Gasteiger partial charge in [-0.2, -0.15) is 0 Å². The van der Waals surface area contributed by atoms with Crippen LogP contribution in [0.25, 0.3) is 0 Å². The lowest BCUT2D eigenvalue weighted by molar-refractivity contribution is 0.233. The number of aliphatic hydroxyl groups is 1. The molecule has 0 aromatic carbocycles. The van der Waals surface area contributed by atoms with Crippen LogP contribution in [0.4, 0.5) is 0 Å².